The van der Waals surface area contributed by atoms with E-state index in [9.17, 15) is 12.8 Å². The Labute approximate surface area is 111 Å². The Balaban J connectivity index is 2.41. The molecule has 0 radical (unpaired) electrons. The molecule has 1 aromatic rings. The van der Waals surface area contributed by atoms with E-state index >= 15 is 0 Å². The van der Waals surface area contributed by atoms with E-state index in [4.69, 9.17) is 0 Å². The van der Waals surface area contributed by atoms with Gasteiger partial charge in [0.15, 0.2) is 0 Å². The predicted molar refractivity (Wildman–Crippen MR) is 72.0 cm³/mol. The molecule has 3 nitrogen and oxygen atoms in total. The molecule has 1 fully saturated rings. The summed E-state index contributed by atoms with van der Waals surface area (Å²) in [7, 11) is -3.47. The summed E-state index contributed by atoms with van der Waals surface area (Å²) in [6.45, 7) is 4.24. The second-order valence-electron chi connectivity index (χ2n) is 4.39. The van der Waals surface area contributed by atoms with E-state index < -0.39 is 10.0 Å². The molecule has 1 heterocycles. The molecule has 1 saturated heterocycles. The Bertz CT molecular complexity index is 528. The maximum atomic E-state index is 13.5. The number of halogens is 1. The highest BCUT2D eigenvalue weighted by atomic mass is 32.2. The van der Waals surface area contributed by atoms with Crippen LogP contribution in [0.15, 0.2) is 17.0 Å². The van der Waals surface area contributed by atoms with Crippen molar-refractivity contribution in [2.24, 2.45) is 0 Å². The second kappa shape index (κ2) is 5.19. The van der Waals surface area contributed by atoms with Crippen LogP contribution in [0.4, 0.5) is 4.39 Å². The molecular formula is C12H16FNO2S2. The van der Waals surface area contributed by atoms with Crippen molar-refractivity contribution in [2.45, 2.75) is 18.7 Å². The Morgan fingerprint density at radius 2 is 1.67 bits per heavy atom. The Morgan fingerprint density at radius 1 is 1.17 bits per heavy atom. The minimum absolute atomic E-state index is 0.200. The summed E-state index contributed by atoms with van der Waals surface area (Å²) < 4.78 is 39.8. The van der Waals surface area contributed by atoms with Crippen molar-refractivity contribution in [3.63, 3.8) is 0 Å². The third-order valence-corrected chi connectivity index (χ3v) is 5.84. The summed E-state index contributed by atoms with van der Waals surface area (Å²) in [6, 6.07) is 2.83. The van der Waals surface area contributed by atoms with Gasteiger partial charge in [-0.3, -0.25) is 0 Å². The molecule has 0 unspecified atom stereocenters. The Morgan fingerprint density at radius 3 is 2.17 bits per heavy atom. The fourth-order valence-electron chi connectivity index (χ4n) is 1.99. The number of aryl methyl sites for hydroxylation is 2. The lowest BCUT2D eigenvalue weighted by Gasteiger charge is -2.26. The number of sulfonamides is 1. The zero-order valence-corrected chi connectivity index (χ0v) is 12.1. The van der Waals surface area contributed by atoms with Gasteiger partial charge in [0.1, 0.15) is 5.82 Å². The lowest BCUT2D eigenvalue weighted by atomic mass is 10.1. The van der Waals surface area contributed by atoms with Crippen LogP contribution in [0.2, 0.25) is 0 Å². The van der Waals surface area contributed by atoms with Crippen LogP contribution in [-0.4, -0.2) is 37.3 Å². The summed E-state index contributed by atoms with van der Waals surface area (Å²) >= 11 is 1.75. The smallest absolute Gasteiger partial charge is 0.207 e. The molecule has 6 heteroatoms. The van der Waals surface area contributed by atoms with E-state index in [0.717, 1.165) is 11.5 Å². The highest BCUT2D eigenvalue weighted by Gasteiger charge is 2.26. The molecule has 0 spiro atoms. The first-order valence-corrected chi connectivity index (χ1v) is 8.37. The fourth-order valence-corrected chi connectivity index (χ4v) is 4.74. The Kier molecular flexibility index (Phi) is 3.99. The van der Waals surface area contributed by atoms with E-state index in [1.807, 2.05) is 0 Å². The molecule has 0 aliphatic carbocycles. The number of rotatable bonds is 2. The average Bonchev–Trinajstić information content (AvgIpc) is 2.36. The first kappa shape index (κ1) is 13.8. The van der Waals surface area contributed by atoms with Crippen LogP contribution >= 0.6 is 11.8 Å². The summed E-state index contributed by atoms with van der Waals surface area (Å²) in [5, 5.41) is 0. The van der Waals surface area contributed by atoms with Crippen LogP contribution < -0.4 is 0 Å². The minimum atomic E-state index is -3.47. The van der Waals surface area contributed by atoms with Crippen molar-refractivity contribution in [1.29, 1.82) is 0 Å². The van der Waals surface area contributed by atoms with E-state index in [1.165, 1.54) is 16.4 Å². The van der Waals surface area contributed by atoms with Crippen molar-refractivity contribution in [1.82, 2.24) is 4.31 Å². The van der Waals surface area contributed by atoms with Crippen molar-refractivity contribution in [3.8, 4) is 0 Å². The van der Waals surface area contributed by atoms with Gasteiger partial charge in [-0.05, 0) is 37.1 Å². The van der Waals surface area contributed by atoms with Crippen LogP contribution in [0.25, 0.3) is 0 Å². The third-order valence-electron chi connectivity index (χ3n) is 3.02. The van der Waals surface area contributed by atoms with Gasteiger partial charge in [0.25, 0.3) is 0 Å². The van der Waals surface area contributed by atoms with Crippen LogP contribution in [-0.2, 0) is 10.0 Å². The van der Waals surface area contributed by atoms with Gasteiger partial charge in [-0.1, -0.05) is 0 Å². The first-order valence-electron chi connectivity index (χ1n) is 5.77. The average molecular weight is 289 g/mol. The van der Waals surface area contributed by atoms with Gasteiger partial charge >= 0.3 is 0 Å². The van der Waals surface area contributed by atoms with E-state index in [-0.39, 0.29) is 10.7 Å². The lowest BCUT2D eigenvalue weighted by Crippen LogP contribution is -2.37. The Hall–Kier alpha value is -0.590. The summed E-state index contributed by atoms with van der Waals surface area (Å²) in [5.74, 6) is 1.31. The van der Waals surface area contributed by atoms with Gasteiger partial charge in [-0.2, -0.15) is 16.1 Å². The highest BCUT2D eigenvalue weighted by Crippen LogP contribution is 2.23. The van der Waals surface area contributed by atoms with E-state index in [2.05, 4.69) is 0 Å². The molecule has 100 valence electrons. The molecule has 0 bridgehead atoms. The second-order valence-corrected chi connectivity index (χ2v) is 7.55. The van der Waals surface area contributed by atoms with Crippen molar-refractivity contribution in [2.75, 3.05) is 24.6 Å². The molecule has 0 amide bonds. The largest absolute Gasteiger partial charge is 0.243 e. The van der Waals surface area contributed by atoms with Gasteiger partial charge < -0.3 is 0 Å². The number of nitrogens with zero attached hydrogens (tertiary/aromatic N) is 1. The van der Waals surface area contributed by atoms with Gasteiger partial charge in [-0.15, -0.1) is 0 Å². The zero-order valence-electron chi connectivity index (χ0n) is 10.4. The normalized spacial score (nSPS) is 17.9. The molecule has 0 aromatic heterocycles. The molecule has 1 aliphatic heterocycles. The molecule has 1 aromatic carbocycles. The van der Waals surface area contributed by atoms with Crippen LogP contribution in [0, 0.1) is 19.7 Å². The number of benzene rings is 1. The fraction of sp³-hybridized carbons (Fsp3) is 0.500. The molecule has 2 rings (SSSR count). The summed E-state index contributed by atoms with van der Waals surface area (Å²) in [6.07, 6.45) is 0. The van der Waals surface area contributed by atoms with Crippen molar-refractivity contribution >= 4 is 21.8 Å². The van der Waals surface area contributed by atoms with Crippen molar-refractivity contribution < 1.29 is 12.8 Å². The number of hydrogen-bond acceptors (Lipinski definition) is 3. The van der Waals surface area contributed by atoms with Crippen LogP contribution in [0.1, 0.15) is 11.1 Å². The van der Waals surface area contributed by atoms with Crippen LogP contribution in [0.5, 0.6) is 0 Å². The number of hydrogen-bond donors (Lipinski definition) is 0. The number of thioether (sulfide) groups is 1. The van der Waals surface area contributed by atoms with Gasteiger partial charge in [-0.25, -0.2) is 12.8 Å². The van der Waals surface area contributed by atoms with E-state index in [1.54, 1.807) is 25.6 Å². The third kappa shape index (κ3) is 2.55. The van der Waals surface area contributed by atoms with E-state index in [0.29, 0.717) is 24.2 Å². The topological polar surface area (TPSA) is 37.4 Å². The highest BCUT2D eigenvalue weighted by molar-refractivity contribution is 7.99. The minimum Gasteiger partial charge on any atom is -0.207 e. The van der Waals surface area contributed by atoms with Gasteiger partial charge in [0.05, 0.1) is 4.90 Å². The SMILES string of the molecule is Cc1cc(S(=O)(=O)N2CCSCC2)cc(C)c1F. The maximum Gasteiger partial charge on any atom is 0.243 e. The summed E-state index contributed by atoms with van der Waals surface area (Å²) in [4.78, 5) is 0.200. The molecule has 0 atom stereocenters. The van der Waals surface area contributed by atoms with Crippen molar-refractivity contribution in [3.05, 3.63) is 29.1 Å². The van der Waals surface area contributed by atoms with Gasteiger partial charge in [0.2, 0.25) is 10.0 Å². The summed E-state index contributed by atoms with van der Waals surface area (Å²) in [5.41, 5.74) is 0.750. The predicted octanol–water partition coefficient (Wildman–Crippen LogP) is 2.18. The monoisotopic (exact) mass is 289 g/mol. The zero-order chi connectivity index (χ0) is 13.3. The van der Waals surface area contributed by atoms with Gasteiger partial charge in [0, 0.05) is 24.6 Å². The molecule has 0 N–H and O–H groups in total. The maximum absolute atomic E-state index is 13.5. The molecular weight excluding hydrogens is 273 g/mol. The first-order chi connectivity index (χ1) is 8.43. The molecule has 18 heavy (non-hydrogen) atoms. The lowest BCUT2D eigenvalue weighted by molar-refractivity contribution is 0.443. The molecule has 0 saturated carbocycles. The molecule has 1 aliphatic rings. The quantitative estimate of drug-likeness (QED) is 0.837. The standard InChI is InChI=1S/C12H16FNO2S2/c1-9-7-11(8-10(2)12(9)13)18(15,16)14-3-5-17-6-4-14/h7-8H,3-6H2,1-2H3. The van der Waals surface area contributed by atoms with Crippen LogP contribution in [0.3, 0.4) is 0 Å².